The number of aromatic nitrogens is 2. The molecule has 0 amide bonds. The van der Waals surface area contributed by atoms with Gasteiger partial charge >= 0.3 is 0 Å². The average molecular weight is 276 g/mol. The first-order valence-electron chi connectivity index (χ1n) is 3.05. The van der Waals surface area contributed by atoms with Crippen LogP contribution in [0.3, 0.4) is 0 Å². The van der Waals surface area contributed by atoms with Gasteiger partial charge in [0.15, 0.2) is 0 Å². The van der Waals surface area contributed by atoms with E-state index in [2.05, 4.69) is 36.8 Å². The molecule has 0 saturated heterocycles. The van der Waals surface area contributed by atoms with Crippen LogP contribution in [-0.2, 0) is 0 Å². The van der Waals surface area contributed by atoms with Crippen LogP contribution in [0.5, 0.6) is 0 Å². The van der Waals surface area contributed by atoms with Gasteiger partial charge in [0.25, 0.3) is 0 Å². The summed E-state index contributed by atoms with van der Waals surface area (Å²) in [5, 5.41) is 0. The zero-order chi connectivity index (χ0) is 7.84. The predicted molar refractivity (Wildman–Crippen MR) is 50.6 cm³/mol. The predicted octanol–water partition coefficient (Wildman–Crippen LogP) is 2.86. The van der Waals surface area contributed by atoms with Gasteiger partial charge in [0, 0.05) is 10.7 Å². The molecule has 0 atom stereocenters. The zero-order valence-corrected chi connectivity index (χ0v) is 8.63. The third kappa shape index (κ3) is 1.20. The highest BCUT2D eigenvalue weighted by molar-refractivity contribution is 9.10. The van der Waals surface area contributed by atoms with Crippen molar-refractivity contribution in [1.82, 2.24) is 9.38 Å². The Bertz CT molecular complexity index is 394. The number of imidazole rings is 1. The highest BCUT2D eigenvalue weighted by Gasteiger charge is 1.98. The van der Waals surface area contributed by atoms with Crippen LogP contribution in [0.15, 0.2) is 33.7 Å². The first-order valence-corrected chi connectivity index (χ1v) is 4.64. The molecule has 0 fully saturated rings. The molecule has 0 radical (unpaired) electrons. The lowest BCUT2D eigenvalue weighted by molar-refractivity contribution is 1.14. The van der Waals surface area contributed by atoms with Crippen LogP contribution >= 0.6 is 31.9 Å². The fraction of sp³-hybridized carbons (Fsp3) is 0. The van der Waals surface area contributed by atoms with Crippen LogP contribution < -0.4 is 0 Å². The van der Waals surface area contributed by atoms with Crippen molar-refractivity contribution < 1.29 is 0 Å². The molecule has 0 aliphatic heterocycles. The second kappa shape index (κ2) is 2.60. The second-order valence-electron chi connectivity index (χ2n) is 2.18. The number of fused-ring (bicyclic) bond motifs is 1. The van der Waals surface area contributed by atoms with Crippen molar-refractivity contribution in [2.45, 2.75) is 0 Å². The van der Waals surface area contributed by atoms with Crippen molar-refractivity contribution in [3.63, 3.8) is 0 Å². The molecule has 56 valence electrons. The monoisotopic (exact) mass is 274 g/mol. The van der Waals surface area contributed by atoms with Gasteiger partial charge in [-0.2, -0.15) is 0 Å². The molecule has 0 aliphatic carbocycles. The summed E-state index contributed by atoms with van der Waals surface area (Å²) in [6, 6.07) is 3.99. The summed E-state index contributed by atoms with van der Waals surface area (Å²) < 4.78 is 3.88. The Hall–Kier alpha value is -0.350. The van der Waals surface area contributed by atoms with Gasteiger partial charge in [0.05, 0.1) is 5.52 Å². The van der Waals surface area contributed by atoms with Crippen LogP contribution in [0.1, 0.15) is 0 Å². The molecule has 2 nitrogen and oxygen atoms in total. The van der Waals surface area contributed by atoms with E-state index in [1.807, 2.05) is 22.7 Å². The summed E-state index contributed by atoms with van der Waals surface area (Å²) in [5.74, 6) is 0. The van der Waals surface area contributed by atoms with E-state index in [4.69, 9.17) is 0 Å². The lowest BCUT2D eigenvalue weighted by atomic mass is 10.4. The third-order valence-corrected chi connectivity index (χ3v) is 2.53. The lowest BCUT2D eigenvalue weighted by Gasteiger charge is -1.93. The molecule has 0 spiro atoms. The smallest absolute Gasteiger partial charge is 0.131 e. The number of hydrogen-bond donors (Lipinski definition) is 0. The molecule has 2 heterocycles. The van der Waals surface area contributed by atoms with Crippen molar-refractivity contribution >= 4 is 37.4 Å². The SMILES string of the molecule is Brc1ccc2c(Br)ncn2c1. The maximum atomic E-state index is 4.10. The Morgan fingerprint density at radius 3 is 2.91 bits per heavy atom. The molecule has 0 saturated carbocycles. The molecule has 0 aromatic carbocycles. The molecular formula is C7H4Br2N2. The van der Waals surface area contributed by atoms with E-state index >= 15 is 0 Å². The summed E-state index contributed by atoms with van der Waals surface area (Å²) in [6.07, 6.45) is 3.73. The summed E-state index contributed by atoms with van der Waals surface area (Å²) in [4.78, 5) is 4.10. The average Bonchev–Trinajstić information content (AvgIpc) is 2.32. The Balaban J connectivity index is 2.86. The number of rotatable bonds is 0. The molecule has 0 bridgehead atoms. The van der Waals surface area contributed by atoms with Gasteiger partial charge in [-0.15, -0.1) is 0 Å². The maximum Gasteiger partial charge on any atom is 0.131 e. The maximum absolute atomic E-state index is 4.10. The second-order valence-corrected chi connectivity index (χ2v) is 3.84. The Morgan fingerprint density at radius 2 is 2.09 bits per heavy atom. The fourth-order valence-corrected chi connectivity index (χ4v) is 1.72. The van der Waals surface area contributed by atoms with Gasteiger partial charge in [0.2, 0.25) is 0 Å². The highest BCUT2D eigenvalue weighted by atomic mass is 79.9. The standard InChI is InChI=1S/C7H4Br2N2/c8-5-1-2-6-7(9)10-4-11(6)3-5/h1-4H. The Morgan fingerprint density at radius 1 is 1.27 bits per heavy atom. The van der Waals surface area contributed by atoms with Gasteiger partial charge in [-0.25, -0.2) is 4.98 Å². The van der Waals surface area contributed by atoms with Crippen molar-refractivity contribution in [3.05, 3.63) is 33.7 Å². The van der Waals surface area contributed by atoms with Crippen LogP contribution in [0.2, 0.25) is 0 Å². The number of halogens is 2. The van der Waals surface area contributed by atoms with Crippen LogP contribution in [0, 0.1) is 0 Å². The van der Waals surface area contributed by atoms with Gasteiger partial charge in [-0.3, -0.25) is 0 Å². The summed E-state index contributed by atoms with van der Waals surface area (Å²) in [6.45, 7) is 0. The lowest BCUT2D eigenvalue weighted by Crippen LogP contribution is -1.79. The zero-order valence-electron chi connectivity index (χ0n) is 5.46. The molecular weight excluding hydrogens is 272 g/mol. The fourth-order valence-electron chi connectivity index (χ4n) is 0.940. The van der Waals surface area contributed by atoms with Gasteiger partial charge < -0.3 is 4.40 Å². The van der Waals surface area contributed by atoms with Crippen LogP contribution in [0.25, 0.3) is 5.52 Å². The first-order chi connectivity index (χ1) is 5.27. The van der Waals surface area contributed by atoms with Crippen molar-refractivity contribution in [2.24, 2.45) is 0 Å². The quantitative estimate of drug-likeness (QED) is 0.723. The first kappa shape index (κ1) is 7.31. The minimum absolute atomic E-state index is 0.880. The molecule has 0 unspecified atom stereocenters. The van der Waals surface area contributed by atoms with Gasteiger partial charge in [-0.05, 0) is 44.0 Å². The van der Waals surface area contributed by atoms with E-state index in [1.54, 1.807) is 6.33 Å². The molecule has 2 rings (SSSR count). The molecule has 0 aliphatic rings. The normalized spacial score (nSPS) is 10.7. The van der Waals surface area contributed by atoms with Crippen molar-refractivity contribution in [2.75, 3.05) is 0 Å². The Kier molecular flexibility index (Phi) is 1.73. The van der Waals surface area contributed by atoms with Crippen molar-refractivity contribution in [3.8, 4) is 0 Å². The van der Waals surface area contributed by atoms with Crippen LogP contribution in [0.4, 0.5) is 0 Å². The van der Waals surface area contributed by atoms with Gasteiger partial charge in [0.1, 0.15) is 10.9 Å². The minimum Gasteiger partial charge on any atom is -0.304 e. The number of nitrogens with zero attached hydrogens (tertiary/aromatic N) is 2. The number of hydrogen-bond acceptors (Lipinski definition) is 1. The van der Waals surface area contributed by atoms with E-state index in [0.717, 1.165) is 14.6 Å². The Labute approximate surface area is 80.5 Å². The summed E-state index contributed by atoms with van der Waals surface area (Å²) >= 11 is 6.72. The van der Waals surface area contributed by atoms with E-state index < -0.39 is 0 Å². The molecule has 4 heteroatoms. The molecule has 2 aromatic heterocycles. The summed E-state index contributed by atoms with van der Waals surface area (Å²) in [7, 11) is 0. The van der Waals surface area contributed by atoms with E-state index in [-0.39, 0.29) is 0 Å². The molecule has 0 N–H and O–H groups in total. The third-order valence-electron chi connectivity index (χ3n) is 1.45. The van der Waals surface area contributed by atoms with Crippen LogP contribution in [-0.4, -0.2) is 9.38 Å². The van der Waals surface area contributed by atoms with E-state index in [9.17, 15) is 0 Å². The largest absolute Gasteiger partial charge is 0.304 e. The minimum atomic E-state index is 0.880. The van der Waals surface area contributed by atoms with E-state index in [0.29, 0.717) is 0 Å². The van der Waals surface area contributed by atoms with Gasteiger partial charge in [-0.1, -0.05) is 0 Å². The number of pyridine rings is 1. The topological polar surface area (TPSA) is 17.3 Å². The molecule has 11 heavy (non-hydrogen) atoms. The highest BCUT2D eigenvalue weighted by Crippen LogP contribution is 2.18. The molecule has 2 aromatic rings. The van der Waals surface area contributed by atoms with Crippen molar-refractivity contribution in [1.29, 1.82) is 0 Å². The van der Waals surface area contributed by atoms with E-state index in [1.165, 1.54) is 0 Å². The summed E-state index contributed by atoms with van der Waals surface area (Å²) in [5.41, 5.74) is 1.08.